The largest absolute Gasteiger partial charge is 0.496 e. The number of methoxy groups -OCH3 is 2. The molecule has 174 valence electrons. The summed E-state index contributed by atoms with van der Waals surface area (Å²) < 4.78 is 12.0. The molecule has 0 amide bonds. The van der Waals surface area contributed by atoms with Gasteiger partial charge in [0.1, 0.15) is 5.75 Å². The zero-order chi connectivity index (χ0) is 23.0. The maximum atomic E-state index is 5.99. The maximum absolute atomic E-state index is 5.99. The van der Waals surface area contributed by atoms with Gasteiger partial charge < -0.3 is 9.47 Å². The zero-order valence-corrected chi connectivity index (χ0v) is 20.9. The molecule has 2 heteroatoms. The van der Waals surface area contributed by atoms with E-state index in [0.29, 0.717) is 17.4 Å². The quantitative estimate of drug-likeness (QED) is 0.494. The molecule has 4 aliphatic carbocycles. The highest BCUT2D eigenvalue weighted by Gasteiger charge is 2.55. The lowest BCUT2D eigenvalue weighted by Crippen LogP contribution is -2.44. The number of ether oxygens (including phenoxy) is 2. The number of allylic oxidation sites excluding steroid dienone is 2. The van der Waals surface area contributed by atoms with Crippen LogP contribution < -0.4 is 4.74 Å². The molecule has 0 saturated heterocycles. The van der Waals surface area contributed by atoms with E-state index in [1.807, 2.05) is 14.2 Å². The Bertz CT molecular complexity index is 1120. The third kappa shape index (κ3) is 2.89. The molecule has 4 aliphatic rings. The summed E-state index contributed by atoms with van der Waals surface area (Å²) >= 11 is 0. The van der Waals surface area contributed by atoms with Crippen molar-refractivity contribution in [1.29, 1.82) is 0 Å². The second kappa shape index (κ2) is 7.47. The Balaban J connectivity index is 1.39. The summed E-state index contributed by atoms with van der Waals surface area (Å²) in [5.41, 5.74) is 9.21. The Morgan fingerprint density at radius 1 is 0.939 bits per heavy atom. The third-order valence-corrected chi connectivity index (χ3v) is 10.4. The second-order valence-electron chi connectivity index (χ2n) is 11.5. The molecule has 0 aromatic heterocycles. The van der Waals surface area contributed by atoms with Crippen LogP contribution in [0.2, 0.25) is 0 Å². The van der Waals surface area contributed by atoms with E-state index in [9.17, 15) is 0 Å². The van der Waals surface area contributed by atoms with Crippen molar-refractivity contribution in [3.8, 4) is 5.75 Å². The number of hydrogen-bond donors (Lipinski definition) is 0. The molecular weight excluding hydrogens is 404 g/mol. The average molecular weight is 443 g/mol. The van der Waals surface area contributed by atoms with Crippen LogP contribution in [0.3, 0.4) is 0 Å². The lowest BCUT2D eigenvalue weighted by Gasteiger charge is -2.50. The molecule has 0 aliphatic heterocycles. The van der Waals surface area contributed by atoms with Gasteiger partial charge in [-0.1, -0.05) is 42.8 Å². The molecule has 1 unspecified atom stereocenters. The summed E-state index contributed by atoms with van der Waals surface area (Å²) in [6.07, 6.45) is 8.12. The smallest absolute Gasteiger partial charge is 0.126 e. The number of hydrogen-bond acceptors (Lipinski definition) is 2. The van der Waals surface area contributed by atoms with E-state index in [1.54, 1.807) is 5.56 Å². The van der Waals surface area contributed by atoms with Crippen molar-refractivity contribution in [3.63, 3.8) is 0 Å². The van der Waals surface area contributed by atoms with Crippen LogP contribution in [0.4, 0.5) is 0 Å². The van der Waals surface area contributed by atoms with Gasteiger partial charge in [-0.2, -0.15) is 0 Å². The minimum atomic E-state index is 0.0269. The SMILES string of the molecule is COc1cc2c(cc1C1=C(C)C1(C)c1ccccc1)[C@H]1CC[C@]3(C)[C@@H](OC)CC[C@H]3[C@@H]1CC2. The first-order valence-corrected chi connectivity index (χ1v) is 12.9. The summed E-state index contributed by atoms with van der Waals surface area (Å²) in [5, 5.41) is 0. The monoisotopic (exact) mass is 442 g/mol. The van der Waals surface area contributed by atoms with Crippen LogP contribution >= 0.6 is 0 Å². The Morgan fingerprint density at radius 2 is 1.73 bits per heavy atom. The fourth-order valence-corrected chi connectivity index (χ4v) is 8.44. The van der Waals surface area contributed by atoms with Crippen molar-refractivity contribution in [2.45, 2.75) is 76.7 Å². The molecule has 2 fully saturated rings. The lowest BCUT2D eigenvalue weighted by atomic mass is 9.55. The molecule has 0 spiro atoms. The van der Waals surface area contributed by atoms with Gasteiger partial charge in [0.15, 0.2) is 0 Å². The van der Waals surface area contributed by atoms with Gasteiger partial charge in [0, 0.05) is 18.1 Å². The first kappa shape index (κ1) is 21.5. The molecule has 2 aromatic carbocycles. The molecule has 2 saturated carbocycles. The zero-order valence-electron chi connectivity index (χ0n) is 20.9. The van der Waals surface area contributed by atoms with Gasteiger partial charge in [-0.25, -0.2) is 0 Å². The van der Waals surface area contributed by atoms with E-state index >= 15 is 0 Å². The summed E-state index contributed by atoms with van der Waals surface area (Å²) in [5.74, 6) is 3.35. The fourth-order valence-electron chi connectivity index (χ4n) is 8.44. The first-order chi connectivity index (χ1) is 15.9. The number of aryl methyl sites for hydroxylation is 1. The molecule has 0 radical (unpaired) electrons. The van der Waals surface area contributed by atoms with Gasteiger partial charge in [-0.05, 0) is 110 Å². The Kier molecular flexibility index (Phi) is 4.86. The van der Waals surface area contributed by atoms with Crippen molar-refractivity contribution in [2.75, 3.05) is 14.2 Å². The molecule has 2 aromatic rings. The normalized spacial score (nSPS) is 36.8. The highest BCUT2D eigenvalue weighted by molar-refractivity contribution is 5.97. The number of rotatable bonds is 4. The maximum Gasteiger partial charge on any atom is 0.126 e. The topological polar surface area (TPSA) is 18.5 Å². The van der Waals surface area contributed by atoms with Crippen LogP contribution in [0.25, 0.3) is 5.57 Å². The molecule has 6 atom stereocenters. The van der Waals surface area contributed by atoms with Gasteiger partial charge in [-0.15, -0.1) is 0 Å². The Labute approximate surface area is 199 Å². The Morgan fingerprint density at radius 3 is 2.45 bits per heavy atom. The van der Waals surface area contributed by atoms with Crippen LogP contribution in [0.1, 0.15) is 81.0 Å². The molecule has 0 N–H and O–H groups in total. The van der Waals surface area contributed by atoms with Crippen LogP contribution in [0.5, 0.6) is 5.75 Å². The minimum absolute atomic E-state index is 0.0269. The van der Waals surface area contributed by atoms with Crippen molar-refractivity contribution in [3.05, 3.63) is 70.3 Å². The van der Waals surface area contributed by atoms with Crippen LogP contribution in [0, 0.1) is 17.3 Å². The van der Waals surface area contributed by atoms with Crippen molar-refractivity contribution < 1.29 is 9.47 Å². The summed E-state index contributed by atoms with van der Waals surface area (Å²) in [4.78, 5) is 0. The summed E-state index contributed by atoms with van der Waals surface area (Å²) in [6.45, 7) is 7.21. The molecule has 6 rings (SSSR count). The minimum Gasteiger partial charge on any atom is -0.496 e. The summed E-state index contributed by atoms with van der Waals surface area (Å²) in [7, 11) is 3.76. The van der Waals surface area contributed by atoms with Crippen molar-refractivity contribution in [1.82, 2.24) is 0 Å². The van der Waals surface area contributed by atoms with Gasteiger partial charge in [0.25, 0.3) is 0 Å². The first-order valence-electron chi connectivity index (χ1n) is 12.9. The molecule has 2 nitrogen and oxygen atoms in total. The van der Waals surface area contributed by atoms with E-state index in [4.69, 9.17) is 9.47 Å². The van der Waals surface area contributed by atoms with Crippen LogP contribution in [-0.2, 0) is 16.6 Å². The van der Waals surface area contributed by atoms with Crippen molar-refractivity contribution >= 4 is 5.57 Å². The Hall–Kier alpha value is -2.06. The van der Waals surface area contributed by atoms with Crippen LogP contribution in [-0.4, -0.2) is 20.3 Å². The van der Waals surface area contributed by atoms with E-state index < -0.39 is 0 Å². The predicted octanol–water partition coefficient (Wildman–Crippen LogP) is 7.31. The third-order valence-electron chi connectivity index (χ3n) is 10.4. The van der Waals surface area contributed by atoms with E-state index in [0.717, 1.165) is 17.6 Å². The van der Waals surface area contributed by atoms with Gasteiger partial charge in [0.05, 0.1) is 13.2 Å². The predicted molar refractivity (Wildman–Crippen MR) is 135 cm³/mol. The highest BCUT2D eigenvalue weighted by atomic mass is 16.5. The van der Waals surface area contributed by atoms with E-state index in [1.165, 1.54) is 66.4 Å². The standard InChI is InChI=1S/C31H38O2/c1-19-29(31(19,3)21-9-7-6-8-10-21)25-18-24-20(17-27(25)32-4)11-12-23-22(24)15-16-30(2)26(23)13-14-28(30)33-5/h6-10,17-18,22-23,26,28H,11-16H2,1-5H3/t22-,23+,26-,28-,30-,31?/m0/s1. The van der Waals surface area contributed by atoms with Gasteiger partial charge >= 0.3 is 0 Å². The van der Waals surface area contributed by atoms with E-state index in [2.05, 4.69) is 63.2 Å². The molecule has 0 heterocycles. The molecular formula is C31H38O2. The van der Waals surface area contributed by atoms with Gasteiger partial charge in [-0.3, -0.25) is 0 Å². The number of fused-ring (bicyclic) bond motifs is 5. The molecule has 0 bridgehead atoms. The fraction of sp³-hybridized carbons (Fsp3) is 0.548. The number of benzene rings is 2. The second-order valence-corrected chi connectivity index (χ2v) is 11.5. The highest BCUT2D eigenvalue weighted by Crippen LogP contribution is 2.64. The lowest BCUT2D eigenvalue weighted by molar-refractivity contribution is -0.0444. The van der Waals surface area contributed by atoms with Crippen LogP contribution in [0.15, 0.2) is 48.0 Å². The summed E-state index contributed by atoms with van der Waals surface area (Å²) in [6, 6.07) is 15.9. The van der Waals surface area contributed by atoms with E-state index in [-0.39, 0.29) is 5.41 Å². The van der Waals surface area contributed by atoms with Crippen molar-refractivity contribution in [2.24, 2.45) is 17.3 Å². The average Bonchev–Trinajstić information content (AvgIpc) is 3.22. The molecule has 33 heavy (non-hydrogen) atoms. The van der Waals surface area contributed by atoms with Gasteiger partial charge in [0.2, 0.25) is 0 Å².